The number of methoxy groups -OCH3 is 1. The number of esters is 1. The first kappa shape index (κ1) is 22.5. The summed E-state index contributed by atoms with van der Waals surface area (Å²) in [5.41, 5.74) is 1.47. The minimum atomic E-state index is -0.336. The molecule has 7 heteroatoms. The SMILES string of the molecule is COC(=O)c1ccc(-c2ccc(CNCCN(C)C)o2)cc1.Cl.Cl. The molecule has 134 valence electrons. The van der Waals surface area contributed by atoms with E-state index in [9.17, 15) is 4.79 Å². The third-order valence-electron chi connectivity index (χ3n) is 3.29. The maximum atomic E-state index is 11.4. The van der Waals surface area contributed by atoms with Gasteiger partial charge in [0.05, 0.1) is 19.2 Å². The van der Waals surface area contributed by atoms with Crippen molar-refractivity contribution < 1.29 is 13.9 Å². The smallest absolute Gasteiger partial charge is 0.337 e. The maximum Gasteiger partial charge on any atom is 0.337 e. The van der Waals surface area contributed by atoms with Crippen LogP contribution in [-0.4, -0.2) is 45.2 Å². The number of nitrogens with zero attached hydrogens (tertiary/aromatic N) is 1. The van der Waals surface area contributed by atoms with Crippen molar-refractivity contribution in [3.05, 3.63) is 47.7 Å². The Hall–Kier alpha value is -1.53. The van der Waals surface area contributed by atoms with Crippen molar-refractivity contribution >= 4 is 30.8 Å². The van der Waals surface area contributed by atoms with E-state index in [2.05, 4.69) is 15.0 Å². The van der Waals surface area contributed by atoms with Gasteiger partial charge in [-0.15, -0.1) is 24.8 Å². The zero-order valence-corrected chi connectivity index (χ0v) is 15.7. The molecule has 5 nitrogen and oxygen atoms in total. The molecule has 0 aliphatic heterocycles. The van der Waals surface area contributed by atoms with Crippen molar-refractivity contribution in [2.24, 2.45) is 0 Å². The Morgan fingerprint density at radius 1 is 1.12 bits per heavy atom. The predicted octanol–water partition coefficient (Wildman–Crippen LogP) is 3.23. The second-order valence-electron chi connectivity index (χ2n) is 5.31. The van der Waals surface area contributed by atoms with Crippen LogP contribution in [-0.2, 0) is 11.3 Å². The van der Waals surface area contributed by atoms with Gasteiger partial charge >= 0.3 is 5.97 Å². The van der Waals surface area contributed by atoms with Crippen LogP contribution in [0, 0.1) is 0 Å². The molecule has 1 heterocycles. The van der Waals surface area contributed by atoms with Gasteiger partial charge < -0.3 is 19.4 Å². The Morgan fingerprint density at radius 3 is 2.38 bits per heavy atom. The standard InChI is InChI=1S/C17H22N2O3.2ClH/c1-19(2)11-10-18-12-15-8-9-16(22-15)13-4-6-14(7-5-13)17(20)21-3;;/h4-9,18H,10-12H2,1-3H3;2*1H. The summed E-state index contributed by atoms with van der Waals surface area (Å²) in [6.45, 7) is 2.60. The van der Waals surface area contributed by atoms with Crippen molar-refractivity contribution in [3.63, 3.8) is 0 Å². The van der Waals surface area contributed by atoms with Gasteiger partial charge in [0.25, 0.3) is 0 Å². The van der Waals surface area contributed by atoms with E-state index in [1.54, 1.807) is 12.1 Å². The lowest BCUT2D eigenvalue weighted by molar-refractivity contribution is 0.0600. The van der Waals surface area contributed by atoms with E-state index in [4.69, 9.17) is 4.42 Å². The molecule has 0 spiro atoms. The van der Waals surface area contributed by atoms with Gasteiger partial charge in [0.2, 0.25) is 0 Å². The summed E-state index contributed by atoms with van der Waals surface area (Å²) in [5, 5.41) is 3.33. The summed E-state index contributed by atoms with van der Waals surface area (Å²) >= 11 is 0. The number of carbonyl (C=O) groups is 1. The van der Waals surface area contributed by atoms with E-state index in [1.165, 1.54) is 7.11 Å². The van der Waals surface area contributed by atoms with Crippen molar-refractivity contribution in [3.8, 4) is 11.3 Å². The van der Waals surface area contributed by atoms with Gasteiger partial charge in [-0.25, -0.2) is 4.79 Å². The van der Waals surface area contributed by atoms with Gasteiger partial charge in [0.1, 0.15) is 11.5 Å². The quantitative estimate of drug-likeness (QED) is 0.595. The summed E-state index contributed by atoms with van der Waals surface area (Å²) in [7, 11) is 5.47. The summed E-state index contributed by atoms with van der Waals surface area (Å²) in [6.07, 6.45) is 0. The number of hydrogen-bond acceptors (Lipinski definition) is 5. The van der Waals surface area contributed by atoms with Crippen LogP contribution in [0.5, 0.6) is 0 Å². The van der Waals surface area contributed by atoms with Gasteiger partial charge in [-0.3, -0.25) is 0 Å². The third kappa shape index (κ3) is 6.53. The normalized spacial score (nSPS) is 10.0. The molecule has 2 aromatic rings. The number of hydrogen-bond donors (Lipinski definition) is 1. The molecule has 24 heavy (non-hydrogen) atoms. The van der Waals surface area contributed by atoms with E-state index in [0.717, 1.165) is 30.2 Å². The molecule has 1 aromatic carbocycles. The van der Waals surface area contributed by atoms with E-state index < -0.39 is 0 Å². The molecule has 0 fully saturated rings. The largest absolute Gasteiger partial charge is 0.465 e. The lowest BCUT2D eigenvalue weighted by Gasteiger charge is -2.09. The predicted molar refractivity (Wildman–Crippen MR) is 100 cm³/mol. The zero-order chi connectivity index (χ0) is 15.9. The van der Waals surface area contributed by atoms with Crippen molar-refractivity contribution in [1.82, 2.24) is 10.2 Å². The van der Waals surface area contributed by atoms with Crippen LogP contribution in [0.15, 0.2) is 40.8 Å². The second-order valence-corrected chi connectivity index (χ2v) is 5.31. The molecule has 0 bridgehead atoms. The Balaban J connectivity index is 0.00000264. The highest BCUT2D eigenvalue weighted by Gasteiger charge is 2.08. The Morgan fingerprint density at radius 2 is 1.79 bits per heavy atom. The number of carbonyl (C=O) groups excluding carboxylic acids is 1. The number of likely N-dealkylation sites (N-methyl/N-ethyl adjacent to an activating group) is 1. The topological polar surface area (TPSA) is 54.7 Å². The highest BCUT2D eigenvalue weighted by Crippen LogP contribution is 2.22. The summed E-state index contributed by atoms with van der Waals surface area (Å²) in [4.78, 5) is 13.5. The van der Waals surface area contributed by atoms with Gasteiger partial charge in [0.15, 0.2) is 0 Å². The van der Waals surface area contributed by atoms with Gasteiger partial charge in [-0.2, -0.15) is 0 Å². The van der Waals surface area contributed by atoms with Crippen LogP contribution in [0.2, 0.25) is 0 Å². The number of furan rings is 1. The first-order valence-corrected chi connectivity index (χ1v) is 7.23. The molecule has 0 unspecified atom stereocenters. The average Bonchev–Trinajstić information content (AvgIpc) is 2.99. The molecule has 1 aromatic heterocycles. The van der Waals surface area contributed by atoms with Gasteiger partial charge in [0, 0.05) is 18.7 Å². The van der Waals surface area contributed by atoms with Gasteiger partial charge in [-0.1, -0.05) is 12.1 Å². The van der Waals surface area contributed by atoms with E-state index in [1.807, 2.05) is 38.4 Å². The fraction of sp³-hybridized carbons (Fsp3) is 0.353. The number of nitrogens with one attached hydrogen (secondary N) is 1. The summed E-state index contributed by atoms with van der Waals surface area (Å²) in [5.74, 6) is 1.35. The van der Waals surface area contributed by atoms with Crippen molar-refractivity contribution in [2.75, 3.05) is 34.3 Å². The van der Waals surface area contributed by atoms with Crippen molar-refractivity contribution in [2.45, 2.75) is 6.54 Å². The van der Waals surface area contributed by atoms with Crippen LogP contribution in [0.1, 0.15) is 16.1 Å². The molecule has 0 aliphatic rings. The molecule has 0 amide bonds. The molecule has 0 atom stereocenters. The molecule has 0 saturated carbocycles. The Kier molecular flexibility index (Phi) is 10.4. The number of ether oxygens (including phenoxy) is 1. The molecule has 1 N–H and O–H groups in total. The highest BCUT2D eigenvalue weighted by molar-refractivity contribution is 5.89. The first-order valence-electron chi connectivity index (χ1n) is 7.23. The Bertz CT molecular complexity index is 613. The lowest BCUT2D eigenvalue weighted by atomic mass is 10.1. The average molecular weight is 375 g/mol. The van der Waals surface area contributed by atoms with E-state index >= 15 is 0 Å². The van der Waals surface area contributed by atoms with Crippen LogP contribution in [0.3, 0.4) is 0 Å². The van der Waals surface area contributed by atoms with E-state index in [-0.39, 0.29) is 30.8 Å². The van der Waals surface area contributed by atoms with Gasteiger partial charge in [-0.05, 0) is 38.4 Å². The molecule has 0 aliphatic carbocycles. The Labute approximate surface area is 155 Å². The molecular formula is C17H24Cl2N2O3. The molecule has 0 radical (unpaired) electrons. The molecular weight excluding hydrogens is 351 g/mol. The van der Waals surface area contributed by atoms with Crippen LogP contribution in [0.25, 0.3) is 11.3 Å². The monoisotopic (exact) mass is 374 g/mol. The van der Waals surface area contributed by atoms with Crippen LogP contribution in [0.4, 0.5) is 0 Å². The fourth-order valence-corrected chi connectivity index (χ4v) is 2.03. The lowest BCUT2D eigenvalue weighted by Crippen LogP contribution is -2.25. The molecule has 0 saturated heterocycles. The number of halogens is 2. The van der Waals surface area contributed by atoms with Crippen LogP contribution < -0.4 is 5.32 Å². The first-order chi connectivity index (χ1) is 10.6. The number of rotatable bonds is 7. The summed E-state index contributed by atoms with van der Waals surface area (Å²) in [6, 6.07) is 11.1. The minimum absolute atomic E-state index is 0. The third-order valence-corrected chi connectivity index (χ3v) is 3.29. The second kappa shape index (κ2) is 11.1. The zero-order valence-electron chi connectivity index (χ0n) is 14.1. The van der Waals surface area contributed by atoms with Crippen LogP contribution >= 0.6 is 24.8 Å². The van der Waals surface area contributed by atoms with Crippen molar-refractivity contribution in [1.29, 1.82) is 0 Å². The highest BCUT2D eigenvalue weighted by atomic mass is 35.5. The minimum Gasteiger partial charge on any atom is -0.465 e. The molecule has 2 rings (SSSR count). The maximum absolute atomic E-state index is 11.4. The van der Waals surface area contributed by atoms with E-state index in [0.29, 0.717) is 12.1 Å². The summed E-state index contributed by atoms with van der Waals surface area (Å²) < 4.78 is 10.5. The fourth-order valence-electron chi connectivity index (χ4n) is 2.03. The number of benzene rings is 1.